The van der Waals surface area contributed by atoms with Crippen LogP contribution in [0.25, 0.3) is 0 Å². The van der Waals surface area contributed by atoms with E-state index in [1.165, 1.54) is 25.1 Å². The van der Waals surface area contributed by atoms with Crippen molar-refractivity contribution in [1.29, 1.82) is 0 Å². The molecule has 3 N–H and O–H groups in total. The Kier molecular flexibility index (Phi) is 12.7. The zero-order valence-electron chi connectivity index (χ0n) is 23.0. The number of nitrogens with zero attached hydrogens (tertiary/aromatic N) is 1. The lowest BCUT2D eigenvalue weighted by molar-refractivity contribution is -0.136. The second-order valence-corrected chi connectivity index (χ2v) is 9.29. The Morgan fingerprint density at radius 2 is 1.54 bits per heavy atom. The number of nitrogens with one attached hydrogen (secondary N) is 3. The fourth-order valence-electron chi connectivity index (χ4n) is 4.18. The zero-order valence-corrected chi connectivity index (χ0v) is 23.0. The number of amides is 6. The highest BCUT2D eigenvalue weighted by atomic mass is 16.5. The summed E-state index contributed by atoms with van der Waals surface area (Å²) in [5.74, 6) is -2.93. The van der Waals surface area contributed by atoms with E-state index in [-0.39, 0.29) is 42.2 Å². The van der Waals surface area contributed by atoms with Gasteiger partial charge in [-0.15, -0.1) is 0 Å². The zero-order chi connectivity index (χ0) is 29.6. The second kappa shape index (κ2) is 16.4. The smallest absolute Gasteiger partial charge is 0.266 e. The predicted octanol–water partition coefficient (Wildman–Crippen LogP) is -0.451. The van der Waals surface area contributed by atoms with Gasteiger partial charge in [0, 0.05) is 39.6 Å². The van der Waals surface area contributed by atoms with Gasteiger partial charge in [0.05, 0.1) is 37.6 Å². The van der Waals surface area contributed by atoms with E-state index in [9.17, 15) is 28.8 Å². The predicted molar refractivity (Wildman–Crippen MR) is 142 cm³/mol. The minimum absolute atomic E-state index is 0.0147. The van der Waals surface area contributed by atoms with Gasteiger partial charge in [-0.3, -0.25) is 39.0 Å². The van der Waals surface area contributed by atoms with Crippen molar-refractivity contribution in [2.75, 3.05) is 59.3 Å². The highest BCUT2D eigenvalue weighted by Crippen LogP contribution is 2.33. The summed E-state index contributed by atoms with van der Waals surface area (Å²) in [7, 11) is 0. The number of fused-ring (bicyclic) bond motifs is 1. The van der Waals surface area contributed by atoms with Crippen LogP contribution in [-0.4, -0.2) is 106 Å². The molecule has 1 aromatic carbocycles. The van der Waals surface area contributed by atoms with Gasteiger partial charge < -0.3 is 29.6 Å². The molecule has 1 saturated heterocycles. The first-order valence-electron chi connectivity index (χ1n) is 13.5. The van der Waals surface area contributed by atoms with E-state index in [1.807, 2.05) is 0 Å². The van der Waals surface area contributed by atoms with Crippen molar-refractivity contribution in [2.24, 2.45) is 0 Å². The van der Waals surface area contributed by atoms with Crippen molar-refractivity contribution >= 4 is 35.4 Å². The van der Waals surface area contributed by atoms with Crippen LogP contribution in [0.2, 0.25) is 0 Å². The van der Waals surface area contributed by atoms with E-state index in [0.29, 0.717) is 59.2 Å². The van der Waals surface area contributed by atoms with Crippen molar-refractivity contribution in [3.63, 3.8) is 0 Å². The van der Waals surface area contributed by atoms with E-state index in [2.05, 4.69) is 16.0 Å². The molecule has 0 aliphatic carbocycles. The Bertz CT molecular complexity index is 1130. The number of hydrogen-bond donors (Lipinski definition) is 3. The van der Waals surface area contributed by atoms with Crippen molar-refractivity contribution < 1.29 is 47.7 Å². The van der Waals surface area contributed by atoms with Gasteiger partial charge in [0.25, 0.3) is 17.7 Å². The van der Waals surface area contributed by atoms with Crippen LogP contribution in [0.4, 0.5) is 0 Å². The molecule has 2 heterocycles. The molecule has 2 aliphatic rings. The van der Waals surface area contributed by atoms with Gasteiger partial charge in [-0.2, -0.15) is 0 Å². The topological polar surface area (TPSA) is 179 Å². The van der Waals surface area contributed by atoms with Gasteiger partial charge >= 0.3 is 0 Å². The Labute approximate surface area is 237 Å². The highest BCUT2D eigenvalue weighted by molar-refractivity contribution is 6.24. The van der Waals surface area contributed by atoms with Crippen LogP contribution in [0.1, 0.15) is 53.3 Å². The Morgan fingerprint density at radius 3 is 2.17 bits per heavy atom. The van der Waals surface area contributed by atoms with E-state index in [1.54, 1.807) is 0 Å². The van der Waals surface area contributed by atoms with Crippen LogP contribution < -0.4 is 20.7 Å². The summed E-state index contributed by atoms with van der Waals surface area (Å²) < 4.78 is 21.8. The summed E-state index contributed by atoms with van der Waals surface area (Å²) in [6.45, 7) is 4.72. The first kappa shape index (κ1) is 31.6. The first-order chi connectivity index (χ1) is 19.8. The van der Waals surface area contributed by atoms with Crippen LogP contribution in [0.15, 0.2) is 18.2 Å². The number of imide groups is 2. The first-order valence-corrected chi connectivity index (χ1v) is 13.5. The maximum Gasteiger partial charge on any atom is 0.266 e. The number of carbonyl (C=O) groups excluding carboxylic acids is 6. The summed E-state index contributed by atoms with van der Waals surface area (Å²) in [4.78, 5) is 73.4. The average Bonchev–Trinajstić information content (AvgIpc) is 3.19. The van der Waals surface area contributed by atoms with E-state index in [0.717, 1.165) is 11.3 Å². The average molecular weight is 577 g/mol. The molecule has 224 valence electrons. The second-order valence-electron chi connectivity index (χ2n) is 9.29. The molecule has 41 heavy (non-hydrogen) atoms. The summed E-state index contributed by atoms with van der Waals surface area (Å²) in [5.41, 5.74) is 0.0594. The van der Waals surface area contributed by atoms with Crippen LogP contribution in [-0.2, 0) is 33.4 Å². The van der Waals surface area contributed by atoms with Gasteiger partial charge in [-0.1, -0.05) is 6.07 Å². The van der Waals surface area contributed by atoms with Gasteiger partial charge in [0.15, 0.2) is 6.61 Å². The van der Waals surface area contributed by atoms with Crippen molar-refractivity contribution in [2.45, 2.75) is 38.6 Å². The molecular formula is C27H36N4O10. The van der Waals surface area contributed by atoms with Gasteiger partial charge in [0.2, 0.25) is 17.7 Å². The molecule has 0 spiro atoms. The Morgan fingerprint density at radius 1 is 0.902 bits per heavy atom. The standard InChI is InChI=1S/C27H36N4O10/c1-18(32)28-9-3-11-38-13-15-40-16-14-39-12-4-10-29-23(34)17-41-21-6-2-5-19-24(21)27(37)31(26(19)36)20-7-8-22(33)30-25(20)35/h2,5-6,20H,3-4,7-17H2,1H3,(H,28,32)(H,29,34)(H,30,33,35). The molecule has 2 aliphatic heterocycles. The molecule has 0 radical (unpaired) electrons. The number of ether oxygens (including phenoxy) is 4. The van der Waals surface area contributed by atoms with E-state index >= 15 is 0 Å². The fourth-order valence-corrected chi connectivity index (χ4v) is 4.18. The third-order valence-electron chi connectivity index (χ3n) is 6.16. The number of hydrogen-bond acceptors (Lipinski definition) is 10. The normalized spacial score (nSPS) is 16.4. The SMILES string of the molecule is CC(=O)NCCCOCCOCCOCCCNC(=O)COc1cccc2c1C(=O)N(C1CCC(=O)NC1=O)C2=O. The number of piperidine rings is 1. The molecular weight excluding hydrogens is 540 g/mol. The summed E-state index contributed by atoms with van der Waals surface area (Å²) in [6.07, 6.45) is 1.37. The molecule has 0 saturated carbocycles. The monoisotopic (exact) mass is 576 g/mol. The number of benzene rings is 1. The van der Waals surface area contributed by atoms with Gasteiger partial charge in [-0.05, 0) is 31.4 Å². The van der Waals surface area contributed by atoms with Crippen molar-refractivity contribution in [3.05, 3.63) is 29.3 Å². The summed E-state index contributed by atoms with van der Waals surface area (Å²) >= 11 is 0. The Hall–Kier alpha value is -3.88. The lowest BCUT2D eigenvalue weighted by Crippen LogP contribution is -2.54. The van der Waals surface area contributed by atoms with E-state index < -0.39 is 35.6 Å². The largest absolute Gasteiger partial charge is 0.483 e. The van der Waals surface area contributed by atoms with Crippen LogP contribution in [0.5, 0.6) is 5.75 Å². The molecule has 1 fully saturated rings. The van der Waals surface area contributed by atoms with Crippen molar-refractivity contribution in [3.8, 4) is 5.75 Å². The Balaban J connectivity index is 1.27. The fraction of sp³-hybridized carbons (Fsp3) is 0.556. The van der Waals surface area contributed by atoms with Crippen LogP contribution >= 0.6 is 0 Å². The van der Waals surface area contributed by atoms with E-state index in [4.69, 9.17) is 18.9 Å². The lowest BCUT2D eigenvalue weighted by Gasteiger charge is -2.27. The summed E-state index contributed by atoms with van der Waals surface area (Å²) in [5, 5.41) is 7.53. The number of rotatable bonds is 18. The van der Waals surface area contributed by atoms with Crippen LogP contribution in [0, 0.1) is 0 Å². The number of carbonyl (C=O) groups is 6. The maximum atomic E-state index is 13.1. The molecule has 14 nitrogen and oxygen atoms in total. The van der Waals surface area contributed by atoms with Gasteiger partial charge in [0.1, 0.15) is 11.8 Å². The molecule has 6 amide bonds. The highest BCUT2D eigenvalue weighted by Gasteiger charge is 2.46. The van der Waals surface area contributed by atoms with Crippen LogP contribution in [0.3, 0.4) is 0 Å². The van der Waals surface area contributed by atoms with Crippen molar-refractivity contribution in [1.82, 2.24) is 20.9 Å². The molecule has 0 bridgehead atoms. The quantitative estimate of drug-likeness (QED) is 0.153. The minimum atomic E-state index is -1.09. The lowest BCUT2D eigenvalue weighted by atomic mass is 10.0. The molecule has 14 heteroatoms. The minimum Gasteiger partial charge on any atom is -0.483 e. The molecule has 1 atom stereocenters. The third kappa shape index (κ3) is 9.62. The van der Waals surface area contributed by atoms with Gasteiger partial charge in [-0.25, -0.2) is 0 Å². The molecule has 1 unspecified atom stereocenters. The third-order valence-corrected chi connectivity index (χ3v) is 6.16. The molecule has 1 aromatic rings. The molecule has 0 aromatic heterocycles. The molecule has 3 rings (SSSR count). The maximum absolute atomic E-state index is 13.1. The summed E-state index contributed by atoms with van der Waals surface area (Å²) in [6, 6.07) is 3.36.